The van der Waals surface area contributed by atoms with Crippen LogP contribution < -0.4 is 10.6 Å². The molecule has 0 unspecified atom stereocenters. The Morgan fingerprint density at radius 1 is 1.24 bits per heavy atom. The zero-order valence-corrected chi connectivity index (χ0v) is 18.0. The first-order chi connectivity index (χ1) is 11.8. The molecule has 144 valence electrons. The molecule has 6 nitrogen and oxygen atoms in total. The third kappa shape index (κ3) is 9.44. The number of ether oxygens (including phenoxy) is 1. The fraction of sp³-hybridized carbons (Fsp3) is 0.778. The summed E-state index contributed by atoms with van der Waals surface area (Å²) in [5.41, 5.74) is 1.28. The molecule has 25 heavy (non-hydrogen) atoms. The molecule has 0 amide bonds. The van der Waals surface area contributed by atoms with Gasteiger partial charge in [-0.25, -0.2) is 0 Å². The van der Waals surface area contributed by atoms with E-state index in [0.717, 1.165) is 38.5 Å². The Labute approximate surface area is 169 Å². The number of guanidine groups is 1. The summed E-state index contributed by atoms with van der Waals surface area (Å²) in [6, 6.07) is 0. The van der Waals surface area contributed by atoms with Crippen LogP contribution in [0.25, 0.3) is 0 Å². The summed E-state index contributed by atoms with van der Waals surface area (Å²) in [6.07, 6.45) is 14.4. The molecule has 1 aliphatic carbocycles. The Kier molecular flexibility index (Phi) is 11.9. The van der Waals surface area contributed by atoms with Gasteiger partial charge < -0.3 is 15.4 Å². The zero-order valence-electron chi connectivity index (χ0n) is 15.7. The van der Waals surface area contributed by atoms with Crippen LogP contribution in [0, 0.1) is 0 Å². The molecule has 0 saturated heterocycles. The van der Waals surface area contributed by atoms with E-state index in [2.05, 4.69) is 26.9 Å². The molecule has 0 bridgehead atoms. The molecule has 1 aromatic rings. The number of nitrogens with one attached hydrogen (secondary N) is 2. The summed E-state index contributed by atoms with van der Waals surface area (Å²) < 4.78 is 7.83. The molecule has 1 aliphatic rings. The maximum Gasteiger partial charge on any atom is 0.191 e. The van der Waals surface area contributed by atoms with Crippen molar-refractivity contribution in [2.75, 3.05) is 26.7 Å². The molecule has 0 aliphatic heterocycles. The Balaban J connectivity index is 0.00000312. The summed E-state index contributed by atoms with van der Waals surface area (Å²) in [4.78, 5) is 4.26. The van der Waals surface area contributed by atoms with E-state index >= 15 is 0 Å². The van der Waals surface area contributed by atoms with Gasteiger partial charge >= 0.3 is 0 Å². The number of rotatable bonds is 8. The van der Waals surface area contributed by atoms with Gasteiger partial charge in [0.15, 0.2) is 5.96 Å². The first kappa shape index (κ1) is 22.2. The van der Waals surface area contributed by atoms with Gasteiger partial charge in [0.25, 0.3) is 0 Å². The van der Waals surface area contributed by atoms with Gasteiger partial charge in [-0.3, -0.25) is 9.67 Å². The second kappa shape index (κ2) is 13.4. The number of nitrogens with zero attached hydrogens (tertiary/aromatic N) is 3. The quantitative estimate of drug-likeness (QED) is 0.205. The smallest absolute Gasteiger partial charge is 0.191 e. The molecule has 2 rings (SSSR count). The number of aromatic nitrogens is 2. The average Bonchev–Trinajstić information content (AvgIpc) is 2.84. The summed E-state index contributed by atoms with van der Waals surface area (Å²) in [6.45, 7) is 2.46. The molecule has 1 fully saturated rings. The van der Waals surface area contributed by atoms with Crippen LogP contribution in [0.5, 0.6) is 0 Å². The van der Waals surface area contributed by atoms with E-state index in [1.807, 2.05) is 25.0 Å². The summed E-state index contributed by atoms with van der Waals surface area (Å²) in [5.74, 6) is 0.852. The Hall–Kier alpha value is -0.830. The van der Waals surface area contributed by atoms with Crippen LogP contribution in [0.2, 0.25) is 0 Å². The van der Waals surface area contributed by atoms with Crippen molar-refractivity contribution in [3.05, 3.63) is 18.0 Å². The van der Waals surface area contributed by atoms with Crippen LogP contribution in [0.1, 0.15) is 50.5 Å². The lowest BCUT2D eigenvalue weighted by molar-refractivity contribution is 0.0468. The highest BCUT2D eigenvalue weighted by molar-refractivity contribution is 14.0. The Bertz CT molecular complexity index is 484. The molecule has 0 aromatic carbocycles. The standard InChI is InChI=1S/C18H33N5O.HI/c1-19-18(20-11-7-8-16-14-22-23(2)15-16)21-12-13-24-17-9-5-3-4-6-10-17;/h14-15,17H,3-13H2,1-2H3,(H2,19,20,21);1H. The van der Waals surface area contributed by atoms with Crippen LogP contribution in [0.4, 0.5) is 0 Å². The third-order valence-electron chi connectivity index (χ3n) is 4.47. The highest BCUT2D eigenvalue weighted by atomic mass is 127. The predicted molar refractivity (Wildman–Crippen MR) is 114 cm³/mol. The van der Waals surface area contributed by atoms with Crippen molar-refractivity contribution in [1.82, 2.24) is 20.4 Å². The summed E-state index contributed by atoms with van der Waals surface area (Å²) in [5, 5.41) is 10.9. The first-order valence-electron chi connectivity index (χ1n) is 9.31. The SMILES string of the molecule is CN=C(NCCCc1cnn(C)c1)NCCOC1CCCCCC1.I. The lowest BCUT2D eigenvalue weighted by Gasteiger charge is -2.16. The van der Waals surface area contributed by atoms with Gasteiger partial charge in [0.2, 0.25) is 0 Å². The van der Waals surface area contributed by atoms with Crippen LogP contribution in [0.15, 0.2) is 17.4 Å². The molecule has 0 atom stereocenters. The molecule has 0 spiro atoms. The van der Waals surface area contributed by atoms with Gasteiger partial charge in [-0.1, -0.05) is 25.7 Å². The number of hydrogen-bond acceptors (Lipinski definition) is 3. The van der Waals surface area contributed by atoms with Crippen molar-refractivity contribution in [2.45, 2.75) is 57.5 Å². The topological polar surface area (TPSA) is 63.5 Å². The molecule has 2 N–H and O–H groups in total. The summed E-state index contributed by atoms with van der Waals surface area (Å²) in [7, 11) is 3.76. The van der Waals surface area contributed by atoms with Crippen molar-refractivity contribution in [3.8, 4) is 0 Å². The average molecular weight is 463 g/mol. The number of aryl methyl sites for hydroxylation is 2. The van der Waals surface area contributed by atoms with Gasteiger partial charge in [0, 0.05) is 33.4 Å². The van der Waals surface area contributed by atoms with Crippen LogP contribution in [-0.4, -0.2) is 48.6 Å². The van der Waals surface area contributed by atoms with E-state index in [1.54, 1.807) is 0 Å². The minimum Gasteiger partial charge on any atom is -0.376 e. The molecule has 0 radical (unpaired) electrons. The molecule has 7 heteroatoms. The second-order valence-corrected chi connectivity index (χ2v) is 6.54. The van der Waals surface area contributed by atoms with Gasteiger partial charge in [-0.15, -0.1) is 24.0 Å². The molecular formula is C18H34IN5O. The van der Waals surface area contributed by atoms with Gasteiger partial charge in [0.05, 0.1) is 18.9 Å². The van der Waals surface area contributed by atoms with Crippen molar-refractivity contribution < 1.29 is 4.74 Å². The van der Waals surface area contributed by atoms with Crippen molar-refractivity contribution >= 4 is 29.9 Å². The lowest BCUT2D eigenvalue weighted by Crippen LogP contribution is -2.39. The zero-order chi connectivity index (χ0) is 17.0. The Morgan fingerprint density at radius 2 is 1.96 bits per heavy atom. The van der Waals surface area contributed by atoms with E-state index in [0.29, 0.717) is 6.10 Å². The highest BCUT2D eigenvalue weighted by Crippen LogP contribution is 2.19. The van der Waals surface area contributed by atoms with E-state index in [9.17, 15) is 0 Å². The number of hydrogen-bond donors (Lipinski definition) is 2. The number of halogens is 1. The molecule has 1 saturated carbocycles. The first-order valence-corrected chi connectivity index (χ1v) is 9.31. The van der Waals surface area contributed by atoms with Gasteiger partial charge in [-0.2, -0.15) is 5.10 Å². The highest BCUT2D eigenvalue weighted by Gasteiger charge is 2.12. The van der Waals surface area contributed by atoms with E-state index in [-0.39, 0.29) is 24.0 Å². The lowest BCUT2D eigenvalue weighted by atomic mass is 10.1. The van der Waals surface area contributed by atoms with E-state index in [1.165, 1.54) is 44.1 Å². The monoisotopic (exact) mass is 463 g/mol. The minimum atomic E-state index is 0. The Morgan fingerprint density at radius 3 is 2.60 bits per heavy atom. The predicted octanol–water partition coefficient (Wildman–Crippen LogP) is 2.88. The molecule has 1 heterocycles. The van der Waals surface area contributed by atoms with Crippen LogP contribution in [0.3, 0.4) is 0 Å². The normalized spacial score (nSPS) is 16.2. The van der Waals surface area contributed by atoms with Crippen LogP contribution >= 0.6 is 24.0 Å². The van der Waals surface area contributed by atoms with E-state index in [4.69, 9.17) is 4.74 Å². The largest absolute Gasteiger partial charge is 0.376 e. The maximum absolute atomic E-state index is 5.99. The maximum atomic E-state index is 5.99. The van der Waals surface area contributed by atoms with Crippen molar-refractivity contribution in [1.29, 1.82) is 0 Å². The van der Waals surface area contributed by atoms with Gasteiger partial charge in [-0.05, 0) is 31.2 Å². The van der Waals surface area contributed by atoms with Gasteiger partial charge in [0.1, 0.15) is 0 Å². The summed E-state index contributed by atoms with van der Waals surface area (Å²) >= 11 is 0. The third-order valence-corrected chi connectivity index (χ3v) is 4.47. The minimum absolute atomic E-state index is 0. The van der Waals surface area contributed by atoms with Crippen molar-refractivity contribution in [2.24, 2.45) is 12.0 Å². The molecule has 1 aromatic heterocycles. The second-order valence-electron chi connectivity index (χ2n) is 6.54. The van der Waals surface area contributed by atoms with Crippen LogP contribution in [-0.2, 0) is 18.2 Å². The number of aliphatic imine (C=N–C) groups is 1. The van der Waals surface area contributed by atoms with Crippen molar-refractivity contribution in [3.63, 3.8) is 0 Å². The fourth-order valence-corrected chi connectivity index (χ4v) is 3.12. The fourth-order valence-electron chi connectivity index (χ4n) is 3.12. The van der Waals surface area contributed by atoms with E-state index < -0.39 is 0 Å². The molecular weight excluding hydrogens is 429 g/mol.